The summed E-state index contributed by atoms with van der Waals surface area (Å²) in [7, 11) is 0. The summed E-state index contributed by atoms with van der Waals surface area (Å²) < 4.78 is 6.01. The molecule has 0 bridgehead atoms. The monoisotopic (exact) mass is 438 g/mol. The molecule has 1 saturated carbocycles. The number of carbonyl (C=O) groups excluding carboxylic acids is 1. The number of rotatable bonds is 9. The highest BCUT2D eigenvalue weighted by molar-refractivity contribution is 6.32. The maximum atomic E-state index is 12.9. The predicted octanol–water partition coefficient (Wildman–Crippen LogP) is 5.41. The van der Waals surface area contributed by atoms with Crippen LogP contribution in [0.2, 0.25) is 5.02 Å². The Hall–Kier alpha value is -2.30. The van der Waals surface area contributed by atoms with Crippen molar-refractivity contribution in [3.8, 4) is 5.75 Å². The first-order valence-corrected chi connectivity index (χ1v) is 11.7. The van der Waals surface area contributed by atoms with Crippen LogP contribution in [0.15, 0.2) is 54.6 Å². The molecule has 164 valence electrons. The van der Waals surface area contributed by atoms with Crippen molar-refractivity contribution in [2.24, 2.45) is 0 Å². The third-order valence-corrected chi connectivity index (χ3v) is 6.30. The third kappa shape index (κ3) is 6.59. The molecule has 1 aliphatic carbocycles. The van der Waals surface area contributed by atoms with Gasteiger partial charge in [-0.15, -0.1) is 0 Å². The molecule has 0 atom stereocenters. The second-order valence-corrected chi connectivity index (χ2v) is 8.86. The van der Waals surface area contributed by atoms with E-state index in [1.54, 1.807) is 12.2 Å². The van der Waals surface area contributed by atoms with Gasteiger partial charge in [-0.2, -0.15) is 0 Å². The molecule has 1 amide bonds. The zero-order chi connectivity index (χ0) is 21.5. The molecule has 1 saturated heterocycles. The minimum absolute atomic E-state index is 0.0267. The number of carbonyl (C=O) groups is 1. The van der Waals surface area contributed by atoms with Crippen molar-refractivity contribution in [1.29, 1.82) is 0 Å². The Bertz CT molecular complexity index is 904. The second kappa shape index (κ2) is 10.8. The van der Waals surface area contributed by atoms with E-state index >= 15 is 0 Å². The standard InChI is InChI=1S/C26H31ClN2O2/c27-25-10-3-2-8-22(25)11-14-26(30)29(23-12-13-23)20-21-7-6-9-24(19-21)31-18-17-28-15-4-1-5-16-28/h2-3,6-11,14,19,23H,1,4-5,12-13,15-18,20H2. The highest BCUT2D eigenvalue weighted by Crippen LogP contribution is 2.29. The number of amides is 1. The fourth-order valence-corrected chi connectivity index (χ4v) is 4.24. The average molecular weight is 439 g/mol. The Labute approximate surface area is 190 Å². The molecule has 2 aromatic rings. The van der Waals surface area contributed by atoms with E-state index in [1.165, 1.54) is 32.4 Å². The summed E-state index contributed by atoms with van der Waals surface area (Å²) in [5, 5.41) is 0.652. The van der Waals surface area contributed by atoms with E-state index in [0.29, 0.717) is 24.2 Å². The molecule has 4 nitrogen and oxygen atoms in total. The van der Waals surface area contributed by atoms with Crippen LogP contribution in [0.5, 0.6) is 5.75 Å². The summed E-state index contributed by atoms with van der Waals surface area (Å²) in [6.45, 7) is 4.64. The van der Waals surface area contributed by atoms with Crippen LogP contribution in [0.3, 0.4) is 0 Å². The number of likely N-dealkylation sites (tertiary alicyclic amines) is 1. The Morgan fingerprint density at radius 3 is 2.68 bits per heavy atom. The van der Waals surface area contributed by atoms with Gasteiger partial charge in [0.05, 0.1) is 0 Å². The van der Waals surface area contributed by atoms with E-state index in [1.807, 2.05) is 41.3 Å². The number of benzene rings is 2. The predicted molar refractivity (Wildman–Crippen MR) is 126 cm³/mol. The van der Waals surface area contributed by atoms with Crippen molar-refractivity contribution in [3.05, 3.63) is 70.8 Å². The SMILES string of the molecule is O=C(C=Cc1ccccc1Cl)N(Cc1cccc(OCCN2CCCCC2)c1)C1CC1. The molecule has 31 heavy (non-hydrogen) atoms. The molecule has 1 heterocycles. The summed E-state index contributed by atoms with van der Waals surface area (Å²) in [6.07, 6.45) is 9.52. The van der Waals surface area contributed by atoms with Gasteiger partial charge < -0.3 is 9.64 Å². The van der Waals surface area contributed by atoms with Gasteiger partial charge in [0, 0.05) is 30.2 Å². The Kier molecular flexibility index (Phi) is 7.66. The fourth-order valence-electron chi connectivity index (χ4n) is 4.05. The van der Waals surface area contributed by atoms with Crippen molar-refractivity contribution in [3.63, 3.8) is 0 Å². The lowest BCUT2D eigenvalue weighted by Crippen LogP contribution is -2.33. The van der Waals surface area contributed by atoms with Crippen LogP contribution in [-0.4, -0.2) is 48.0 Å². The molecule has 5 heteroatoms. The summed E-state index contributed by atoms with van der Waals surface area (Å²) in [5.74, 6) is 0.906. The molecule has 0 N–H and O–H groups in total. The molecule has 0 aromatic heterocycles. The topological polar surface area (TPSA) is 32.8 Å². The molecule has 1 aliphatic heterocycles. The summed E-state index contributed by atoms with van der Waals surface area (Å²) >= 11 is 6.21. The first-order chi connectivity index (χ1) is 15.2. The minimum Gasteiger partial charge on any atom is -0.492 e. The summed E-state index contributed by atoms with van der Waals surface area (Å²) in [6, 6.07) is 16.0. The lowest BCUT2D eigenvalue weighted by Gasteiger charge is -2.26. The van der Waals surface area contributed by atoms with Crippen LogP contribution in [0, 0.1) is 0 Å². The maximum absolute atomic E-state index is 12.9. The molecular formula is C26H31ClN2O2. The van der Waals surface area contributed by atoms with Gasteiger partial charge in [-0.1, -0.05) is 48.4 Å². The highest BCUT2D eigenvalue weighted by atomic mass is 35.5. The van der Waals surface area contributed by atoms with Crippen LogP contribution in [0.4, 0.5) is 0 Å². The van der Waals surface area contributed by atoms with Gasteiger partial charge in [0.25, 0.3) is 0 Å². The van der Waals surface area contributed by atoms with Gasteiger partial charge in [-0.05, 0) is 74.2 Å². The zero-order valence-corrected chi connectivity index (χ0v) is 18.8. The molecule has 4 rings (SSSR count). The molecule has 0 unspecified atom stereocenters. The van der Waals surface area contributed by atoms with E-state index in [4.69, 9.17) is 16.3 Å². The largest absolute Gasteiger partial charge is 0.492 e. The quantitative estimate of drug-likeness (QED) is 0.491. The summed E-state index contributed by atoms with van der Waals surface area (Å²) in [4.78, 5) is 17.3. The van der Waals surface area contributed by atoms with E-state index < -0.39 is 0 Å². The lowest BCUT2D eigenvalue weighted by atomic mass is 10.1. The molecule has 2 fully saturated rings. The number of hydrogen-bond donors (Lipinski definition) is 0. The fraction of sp³-hybridized carbons (Fsp3) is 0.423. The molecule has 2 aliphatic rings. The van der Waals surface area contributed by atoms with E-state index in [2.05, 4.69) is 17.0 Å². The van der Waals surface area contributed by atoms with E-state index in [0.717, 1.165) is 36.3 Å². The van der Waals surface area contributed by atoms with Gasteiger partial charge in [-0.25, -0.2) is 0 Å². The van der Waals surface area contributed by atoms with Crippen LogP contribution < -0.4 is 4.74 Å². The first kappa shape index (κ1) is 21.9. The number of nitrogens with zero attached hydrogens (tertiary/aromatic N) is 2. The molecule has 0 radical (unpaired) electrons. The normalized spacial score (nSPS) is 17.1. The Balaban J connectivity index is 1.34. The number of hydrogen-bond acceptors (Lipinski definition) is 3. The van der Waals surface area contributed by atoms with Crippen molar-refractivity contribution in [2.45, 2.75) is 44.7 Å². The van der Waals surface area contributed by atoms with Gasteiger partial charge in [0.2, 0.25) is 5.91 Å². The average Bonchev–Trinajstić information content (AvgIpc) is 3.63. The van der Waals surface area contributed by atoms with Crippen LogP contribution in [0.25, 0.3) is 6.08 Å². The first-order valence-electron chi connectivity index (χ1n) is 11.4. The zero-order valence-electron chi connectivity index (χ0n) is 18.0. The third-order valence-electron chi connectivity index (χ3n) is 5.96. The van der Waals surface area contributed by atoms with Crippen LogP contribution >= 0.6 is 11.6 Å². The number of ether oxygens (including phenoxy) is 1. The number of halogens is 1. The summed E-state index contributed by atoms with van der Waals surface area (Å²) in [5.41, 5.74) is 1.96. The van der Waals surface area contributed by atoms with E-state index in [-0.39, 0.29) is 5.91 Å². The van der Waals surface area contributed by atoms with Crippen LogP contribution in [0.1, 0.15) is 43.2 Å². The molecular weight excluding hydrogens is 408 g/mol. The van der Waals surface area contributed by atoms with Crippen molar-refractivity contribution < 1.29 is 9.53 Å². The molecule has 0 spiro atoms. The van der Waals surface area contributed by atoms with Gasteiger partial charge in [0.1, 0.15) is 12.4 Å². The Morgan fingerprint density at radius 1 is 1.10 bits per heavy atom. The maximum Gasteiger partial charge on any atom is 0.247 e. The van der Waals surface area contributed by atoms with Crippen molar-refractivity contribution in [1.82, 2.24) is 9.80 Å². The van der Waals surface area contributed by atoms with E-state index in [9.17, 15) is 4.79 Å². The van der Waals surface area contributed by atoms with Crippen molar-refractivity contribution >= 4 is 23.6 Å². The van der Waals surface area contributed by atoms with Gasteiger partial charge in [-0.3, -0.25) is 9.69 Å². The van der Waals surface area contributed by atoms with Crippen molar-refractivity contribution in [2.75, 3.05) is 26.2 Å². The lowest BCUT2D eigenvalue weighted by molar-refractivity contribution is -0.127. The number of piperidine rings is 1. The highest BCUT2D eigenvalue weighted by Gasteiger charge is 2.31. The minimum atomic E-state index is 0.0267. The van der Waals surface area contributed by atoms with Gasteiger partial charge in [0.15, 0.2) is 0 Å². The van der Waals surface area contributed by atoms with Gasteiger partial charge >= 0.3 is 0 Å². The van der Waals surface area contributed by atoms with Crippen LogP contribution in [-0.2, 0) is 11.3 Å². The second-order valence-electron chi connectivity index (χ2n) is 8.45. The smallest absolute Gasteiger partial charge is 0.247 e. The Morgan fingerprint density at radius 2 is 1.90 bits per heavy atom. The molecule has 2 aromatic carbocycles.